The molecule has 0 heterocycles. The Hall–Kier alpha value is -1.28. The van der Waals surface area contributed by atoms with Crippen molar-refractivity contribution in [3.63, 3.8) is 0 Å². The Kier molecular flexibility index (Phi) is 5.06. The van der Waals surface area contributed by atoms with Crippen LogP contribution in [-0.2, 0) is 0 Å². The highest BCUT2D eigenvalue weighted by Crippen LogP contribution is 2.20. The lowest BCUT2D eigenvalue weighted by Crippen LogP contribution is -2.15. The SMILES string of the molecule is C=CCC(NC)c1ccc(OC(C)C)cc1. The Morgan fingerprint density at radius 3 is 2.38 bits per heavy atom. The van der Waals surface area contributed by atoms with Crippen LogP contribution in [0.1, 0.15) is 31.9 Å². The van der Waals surface area contributed by atoms with E-state index >= 15 is 0 Å². The largest absolute Gasteiger partial charge is 0.491 e. The molecule has 1 aromatic rings. The fourth-order valence-corrected chi connectivity index (χ4v) is 1.64. The second kappa shape index (κ2) is 6.33. The fraction of sp³-hybridized carbons (Fsp3) is 0.429. The van der Waals surface area contributed by atoms with E-state index in [2.05, 4.69) is 24.0 Å². The van der Waals surface area contributed by atoms with Gasteiger partial charge in [0.25, 0.3) is 0 Å². The summed E-state index contributed by atoms with van der Waals surface area (Å²) in [6.45, 7) is 7.83. The Labute approximate surface area is 98.3 Å². The zero-order valence-electron chi connectivity index (χ0n) is 10.4. The maximum atomic E-state index is 5.60. The van der Waals surface area contributed by atoms with Gasteiger partial charge in [-0.25, -0.2) is 0 Å². The minimum Gasteiger partial charge on any atom is -0.491 e. The molecule has 2 heteroatoms. The number of benzene rings is 1. The molecule has 0 saturated carbocycles. The van der Waals surface area contributed by atoms with Crippen LogP contribution in [0.3, 0.4) is 0 Å². The Balaban J connectivity index is 2.72. The van der Waals surface area contributed by atoms with Crippen molar-refractivity contribution < 1.29 is 4.74 Å². The van der Waals surface area contributed by atoms with Crippen LogP contribution in [0.5, 0.6) is 5.75 Å². The third-order valence-corrected chi connectivity index (χ3v) is 2.41. The summed E-state index contributed by atoms with van der Waals surface area (Å²) in [5, 5.41) is 3.27. The van der Waals surface area contributed by atoms with Crippen LogP contribution in [0.25, 0.3) is 0 Å². The summed E-state index contributed by atoms with van der Waals surface area (Å²) >= 11 is 0. The van der Waals surface area contributed by atoms with Gasteiger partial charge in [-0.15, -0.1) is 6.58 Å². The van der Waals surface area contributed by atoms with Crippen molar-refractivity contribution >= 4 is 0 Å². The average molecular weight is 219 g/mol. The topological polar surface area (TPSA) is 21.3 Å². The quantitative estimate of drug-likeness (QED) is 0.741. The molecule has 0 spiro atoms. The van der Waals surface area contributed by atoms with Crippen LogP contribution >= 0.6 is 0 Å². The molecule has 0 amide bonds. The average Bonchev–Trinajstić information content (AvgIpc) is 2.26. The number of rotatable bonds is 6. The van der Waals surface area contributed by atoms with Gasteiger partial charge >= 0.3 is 0 Å². The van der Waals surface area contributed by atoms with E-state index < -0.39 is 0 Å². The van der Waals surface area contributed by atoms with E-state index in [1.807, 2.05) is 39.1 Å². The van der Waals surface area contributed by atoms with E-state index in [4.69, 9.17) is 4.74 Å². The van der Waals surface area contributed by atoms with Crippen LogP contribution in [0.4, 0.5) is 0 Å². The van der Waals surface area contributed by atoms with Crippen LogP contribution in [-0.4, -0.2) is 13.2 Å². The second-order valence-electron chi connectivity index (χ2n) is 4.10. The molecule has 16 heavy (non-hydrogen) atoms. The maximum Gasteiger partial charge on any atom is 0.119 e. The van der Waals surface area contributed by atoms with E-state index in [9.17, 15) is 0 Å². The minimum atomic E-state index is 0.221. The maximum absolute atomic E-state index is 5.60. The molecule has 0 bridgehead atoms. The first kappa shape index (κ1) is 12.8. The zero-order chi connectivity index (χ0) is 12.0. The molecule has 1 rings (SSSR count). The van der Waals surface area contributed by atoms with E-state index in [1.54, 1.807) is 0 Å². The van der Waals surface area contributed by atoms with Gasteiger partial charge in [-0.3, -0.25) is 0 Å². The molecule has 1 aromatic carbocycles. The van der Waals surface area contributed by atoms with Gasteiger partial charge in [0.1, 0.15) is 5.75 Å². The van der Waals surface area contributed by atoms with Crippen LogP contribution in [0.15, 0.2) is 36.9 Å². The molecule has 0 fully saturated rings. The lowest BCUT2D eigenvalue weighted by molar-refractivity contribution is 0.242. The molecule has 1 N–H and O–H groups in total. The Bertz CT molecular complexity index is 316. The van der Waals surface area contributed by atoms with Crippen molar-refractivity contribution in [2.24, 2.45) is 0 Å². The number of hydrogen-bond donors (Lipinski definition) is 1. The summed E-state index contributed by atoms with van der Waals surface area (Å²) in [6, 6.07) is 8.57. The lowest BCUT2D eigenvalue weighted by atomic mass is 10.0. The van der Waals surface area contributed by atoms with Gasteiger partial charge in [-0.1, -0.05) is 18.2 Å². The molecule has 0 aromatic heterocycles. The predicted molar refractivity (Wildman–Crippen MR) is 68.8 cm³/mol. The Morgan fingerprint density at radius 2 is 1.94 bits per heavy atom. The van der Waals surface area contributed by atoms with Crippen LogP contribution < -0.4 is 10.1 Å². The second-order valence-corrected chi connectivity index (χ2v) is 4.10. The summed E-state index contributed by atoms with van der Waals surface area (Å²) in [7, 11) is 1.96. The molecule has 88 valence electrons. The first-order chi connectivity index (χ1) is 7.67. The molecule has 0 aliphatic rings. The smallest absolute Gasteiger partial charge is 0.119 e. The summed E-state index contributed by atoms with van der Waals surface area (Å²) < 4.78 is 5.60. The summed E-state index contributed by atoms with van der Waals surface area (Å²) in [6.07, 6.45) is 3.08. The van der Waals surface area contributed by atoms with Gasteiger partial charge in [-0.2, -0.15) is 0 Å². The van der Waals surface area contributed by atoms with Crippen LogP contribution in [0.2, 0.25) is 0 Å². The monoisotopic (exact) mass is 219 g/mol. The highest BCUT2D eigenvalue weighted by Gasteiger charge is 2.07. The van der Waals surface area contributed by atoms with E-state index in [1.165, 1.54) is 5.56 Å². The van der Waals surface area contributed by atoms with E-state index in [0.717, 1.165) is 12.2 Å². The van der Waals surface area contributed by atoms with Crippen molar-refractivity contribution in [2.45, 2.75) is 32.4 Å². The van der Waals surface area contributed by atoms with Gasteiger partial charge < -0.3 is 10.1 Å². The van der Waals surface area contributed by atoms with Crippen molar-refractivity contribution in [2.75, 3.05) is 7.05 Å². The normalized spacial score (nSPS) is 12.5. The standard InChI is InChI=1S/C14H21NO/c1-5-6-14(15-4)12-7-9-13(10-8-12)16-11(2)3/h5,7-11,14-15H,1,6H2,2-4H3. The minimum absolute atomic E-state index is 0.221. The molecule has 1 unspecified atom stereocenters. The van der Waals surface area contributed by atoms with E-state index in [0.29, 0.717) is 6.04 Å². The van der Waals surface area contributed by atoms with E-state index in [-0.39, 0.29) is 6.10 Å². The third-order valence-electron chi connectivity index (χ3n) is 2.41. The number of hydrogen-bond acceptors (Lipinski definition) is 2. The van der Waals surface area contributed by atoms with Crippen molar-refractivity contribution in [1.29, 1.82) is 0 Å². The molecular weight excluding hydrogens is 198 g/mol. The molecule has 0 aliphatic heterocycles. The lowest BCUT2D eigenvalue weighted by Gasteiger charge is -2.16. The third kappa shape index (κ3) is 3.70. The van der Waals surface area contributed by atoms with Gasteiger partial charge in [-0.05, 0) is 45.0 Å². The van der Waals surface area contributed by atoms with Crippen molar-refractivity contribution in [3.05, 3.63) is 42.5 Å². The van der Waals surface area contributed by atoms with Crippen LogP contribution in [0, 0.1) is 0 Å². The van der Waals surface area contributed by atoms with Gasteiger partial charge in [0.05, 0.1) is 6.10 Å². The van der Waals surface area contributed by atoms with Crippen molar-refractivity contribution in [1.82, 2.24) is 5.32 Å². The highest BCUT2D eigenvalue weighted by molar-refractivity contribution is 5.29. The molecule has 0 radical (unpaired) electrons. The first-order valence-electron chi connectivity index (χ1n) is 5.72. The summed E-state index contributed by atoms with van der Waals surface area (Å²) in [5.41, 5.74) is 1.26. The Morgan fingerprint density at radius 1 is 1.31 bits per heavy atom. The predicted octanol–water partition coefficient (Wildman–Crippen LogP) is 3.31. The first-order valence-corrected chi connectivity index (χ1v) is 5.72. The molecule has 1 atom stereocenters. The van der Waals surface area contributed by atoms with Crippen molar-refractivity contribution in [3.8, 4) is 5.75 Å². The van der Waals surface area contributed by atoms with Gasteiger partial charge in [0.2, 0.25) is 0 Å². The van der Waals surface area contributed by atoms with Gasteiger partial charge in [0, 0.05) is 6.04 Å². The molecule has 2 nitrogen and oxygen atoms in total. The number of nitrogens with one attached hydrogen (secondary N) is 1. The zero-order valence-corrected chi connectivity index (χ0v) is 10.4. The summed E-state index contributed by atoms with van der Waals surface area (Å²) in [4.78, 5) is 0. The highest BCUT2D eigenvalue weighted by atomic mass is 16.5. The van der Waals surface area contributed by atoms with Gasteiger partial charge in [0.15, 0.2) is 0 Å². The molecule has 0 saturated heterocycles. The molecule has 0 aliphatic carbocycles. The fourth-order valence-electron chi connectivity index (χ4n) is 1.64. The number of ether oxygens (including phenoxy) is 1. The molecular formula is C14H21NO. The summed E-state index contributed by atoms with van der Waals surface area (Å²) in [5.74, 6) is 0.923.